The minimum Gasteiger partial charge on any atom is -0.353 e. The molecule has 2 unspecified atom stereocenters. The minimum absolute atomic E-state index is 0.229. The first kappa shape index (κ1) is 13.2. The molecule has 1 aliphatic carbocycles. The third-order valence-electron chi connectivity index (χ3n) is 3.76. The van der Waals surface area contributed by atoms with E-state index in [9.17, 15) is 4.79 Å². The van der Waals surface area contributed by atoms with E-state index in [0.717, 1.165) is 25.1 Å². The van der Waals surface area contributed by atoms with Gasteiger partial charge in [-0.2, -0.15) is 11.8 Å². The second kappa shape index (κ2) is 5.61. The molecule has 1 saturated heterocycles. The molecule has 1 saturated carbocycles. The fraction of sp³-hybridized carbons (Fsp3) is 0.923. The van der Waals surface area contributed by atoms with Crippen LogP contribution in [0.5, 0.6) is 0 Å². The van der Waals surface area contributed by atoms with Crippen LogP contribution in [0, 0.1) is 5.41 Å². The van der Waals surface area contributed by atoms with E-state index in [1.807, 2.05) is 11.8 Å². The normalized spacial score (nSPS) is 32.4. The number of hydrogen-bond acceptors (Lipinski definition) is 3. The molecule has 4 heteroatoms. The molecule has 2 rings (SSSR count). The molecule has 0 bridgehead atoms. The van der Waals surface area contributed by atoms with Gasteiger partial charge < -0.3 is 10.6 Å². The van der Waals surface area contributed by atoms with Crippen LogP contribution in [0.25, 0.3) is 0 Å². The number of carbonyl (C=O) groups is 1. The van der Waals surface area contributed by atoms with Gasteiger partial charge in [0.2, 0.25) is 5.91 Å². The van der Waals surface area contributed by atoms with E-state index in [1.165, 1.54) is 12.2 Å². The minimum atomic E-state index is 0.229. The van der Waals surface area contributed by atoms with E-state index in [2.05, 4.69) is 24.5 Å². The number of carbonyl (C=O) groups excluding carboxylic acids is 1. The number of nitrogens with one attached hydrogen (secondary N) is 2. The van der Waals surface area contributed by atoms with Crippen LogP contribution in [0.2, 0.25) is 0 Å². The fourth-order valence-electron chi connectivity index (χ4n) is 2.82. The standard InChI is InChI=1S/C13H24N2OS/c1-13(2)4-3-10(8-13)15-12(16)7-11-9-17-6-5-14-11/h10-11,14H,3-9H2,1-2H3,(H,15,16). The average molecular weight is 256 g/mol. The smallest absolute Gasteiger partial charge is 0.221 e. The molecule has 1 heterocycles. The Kier molecular flexibility index (Phi) is 4.36. The van der Waals surface area contributed by atoms with Crippen molar-refractivity contribution >= 4 is 17.7 Å². The van der Waals surface area contributed by atoms with Crippen molar-refractivity contribution in [1.82, 2.24) is 10.6 Å². The Morgan fingerprint density at radius 2 is 2.35 bits per heavy atom. The highest BCUT2D eigenvalue weighted by atomic mass is 32.2. The average Bonchev–Trinajstić information content (AvgIpc) is 2.59. The third-order valence-corrected chi connectivity index (χ3v) is 4.89. The van der Waals surface area contributed by atoms with Gasteiger partial charge in [-0.3, -0.25) is 4.79 Å². The Bertz CT molecular complexity index is 275. The van der Waals surface area contributed by atoms with E-state index < -0.39 is 0 Å². The maximum Gasteiger partial charge on any atom is 0.221 e. The summed E-state index contributed by atoms with van der Waals surface area (Å²) in [4.78, 5) is 11.9. The highest BCUT2D eigenvalue weighted by Crippen LogP contribution is 2.36. The third kappa shape index (κ3) is 4.18. The topological polar surface area (TPSA) is 41.1 Å². The van der Waals surface area contributed by atoms with Crippen molar-refractivity contribution in [3.05, 3.63) is 0 Å². The molecule has 17 heavy (non-hydrogen) atoms. The van der Waals surface area contributed by atoms with Gasteiger partial charge in [0.15, 0.2) is 0 Å². The van der Waals surface area contributed by atoms with Gasteiger partial charge in [0.25, 0.3) is 0 Å². The Hall–Kier alpha value is -0.220. The zero-order chi connectivity index (χ0) is 12.3. The predicted molar refractivity (Wildman–Crippen MR) is 73.3 cm³/mol. The van der Waals surface area contributed by atoms with Gasteiger partial charge in [0.05, 0.1) is 0 Å². The van der Waals surface area contributed by atoms with Crippen LogP contribution in [0.15, 0.2) is 0 Å². The van der Waals surface area contributed by atoms with Crippen molar-refractivity contribution in [2.75, 3.05) is 18.1 Å². The van der Waals surface area contributed by atoms with Crippen LogP contribution in [0.3, 0.4) is 0 Å². The quantitative estimate of drug-likeness (QED) is 0.809. The second-order valence-corrected chi connectivity index (χ2v) is 7.25. The number of hydrogen-bond donors (Lipinski definition) is 2. The zero-order valence-corrected chi connectivity index (χ0v) is 11.7. The van der Waals surface area contributed by atoms with Crippen LogP contribution < -0.4 is 10.6 Å². The van der Waals surface area contributed by atoms with Crippen LogP contribution in [-0.2, 0) is 4.79 Å². The summed E-state index contributed by atoms with van der Waals surface area (Å²) in [5.74, 6) is 2.48. The molecule has 0 aromatic rings. The molecule has 0 radical (unpaired) electrons. The highest BCUT2D eigenvalue weighted by molar-refractivity contribution is 7.99. The summed E-state index contributed by atoms with van der Waals surface area (Å²) in [6.07, 6.45) is 4.15. The van der Waals surface area contributed by atoms with Gasteiger partial charge in [0.1, 0.15) is 0 Å². The van der Waals surface area contributed by atoms with E-state index >= 15 is 0 Å². The summed E-state index contributed by atoms with van der Waals surface area (Å²) in [6, 6.07) is 0.789. The van der Waals surface area contributed by atoms with Gasteiger partial charge in [-0.1, -0.05) is 13.8 Å². The molecule has 3 nitrogen and oxygen atoms in total. The first-order valence-corrected chi connectivity index (χ1v) is 7.81. The first-order chi connectivity index (χ1) is 8.05. The predicted octanol–water partition coefficient (Wildman–Crippen LogP) is 1.78. The van der Waals surface area contributed by atoms with Gasteiger partial charge in [-0.25, -0.2) is 0 Å². The lowest BCUT2D eigenvalue weighted by Gasteiger charge is -2.23. The monoisotopic (exact) mass is 256 g/mol. The lowest BCUT2D eigenvalue weighted by atomic mass is 9.92. The highest BCUT2D eigenvalue weighted by Gasteiger charge is 2.31. The second-order valence-electron chi connectivity index (χ2n) is 6.10. The largest absolute Gasteiger partial charge is 0.353 e. The maximum atomic E-state index is 11.9. The van der Waals surface area contributed by atoms with E-state index in [0.29, 0.717) is 23.9 Å². The first-order valence-electron chi connectivity index (χ1n) is 6.66. The SMILES string of the molecule is CC1(C)CCC(NC(=O)CC2CSCCN2)C1. The summed E-state index contributed by atoms with van der Waals surface area (Å²) in [5.41, 5.74) is 0.414. The lowest BCUT2D eigenvalue weighted by molar-refractivity contribution is -0.122. The molecule has 98 valence electrons. The van der Waals surface area contributed by atoms with Crippen LogP contribution in [0.1, 0.15) is 39.5 Å². The summed E-state index contributed by atoms with van der Waals surface area (Å²) in [7, 11) is 0. The lowest BCUT2D eigenvalue weighted by Crippen LogP contribution is -2.43. The van der Waals surface area contributed by atoms with Crippen LogP contribution in [0.4, 0.5) is 0 Å². The summed E-state index contributed by atoms with van der Waals surface area (Å²) < 4.78 is 0. The number of thioether (sulfide) groups is 1. The molecule has 1 aliphatic heterocycles. The molecular weight excluding hydrogens is 232 g/mol. The number of amides is 1. The Morgan fingerprint density at radius 1 is 1.53 bits per heavy atom. The van der Waals surface area contributed by atoms with Crippen molar-refractivity contribution in [3.8, 4) is 0 Å². The van der Waals surface area contributed by atoms with Gasteiger partial charge >= 0.3 is 0 Å². The van der Waals surface area contributed by atoms with Crippen LogP contribution >= 0.6 is 11.8 Å². The summed E-state index contributed by atoms with van der Waals surface area (Å²) in [5, 5.41) is 6.60. The van der Waals surface area contributed by atoms with Crippen molar-refractivity contribution in [3.63, 3.8) is 0 Å². The molecule has 2 fully saturated rings. The molecule has 0 spiro atoms. The van der Waals surface area contributed by atoms with E-state index in [4.69, 9.17) is 0 Å². The van der Waals surface area contributed by atoms with E-state index in [1.54, 1.807) is 0 Å². The molecule has 1 amide bonds. The van der Waals surface area contributed by atoms with Gasteiger partial charge in [-0.05, 0) is 24.7 Å². The molecule has 2 atom stereocenters. The molecule has 2 N–H and O–H groups in total. The van der Waals surface area contributed by atoms with Crippen LogP contribution in [-0.4, -0.2) is 36.0 Å². The van der Waals surface area contributed by atoms with Crippen molar-refractivity contribution in [1.29, 1.82) is 0 Å². The molecular formula is C13H24N2OS. The number of rotatable bonds is 3. The Morgan fingerprint density at radius 3 is 2.94 bits per heavy atom. The summed E-state index contributed by atoms with van der Waals surface area (Å²) >= 11 is 1.94. The fourth-order valence-corrected chi connectivity index (χ4v) is 3.77. The maximum absolute atomic E-state index is 11.9. The Labute approximate surface area is 108 Å². The Balaban J connectivity index is 1.70. The van der Waals surface area contributed by atoms with Crippen molar-refractivity contribution < 1.29 is 4.79 Å². The zero-order valence-electron chi connectivity index (χ0n) is 10.9. The van der Waals surface area contributed by atoms with Crippen molar-refractivity contribution in [2.24, 2.45) is 5.41 Å². The molecule has 0 aromatic carbocycles. The van der Waals surface area contributed by atoms with E-state index in [-0.39, 0.29) is 5.91 Å². The molecule has 2 aliphatic rings. The van der Waals surface area contributed by atoms with Crippen molar-refractivity contribution in [2.45, 2.75) is 51.6 Å². The summed E-state index contributed by atoms with van der Waals surface area (Å²) in [6.45, 7) is 5.62. The van der Waals surface area contributed by atoms with Gasteiger partial charge in [-0.15, -0.1) is 0 Å². The van der Waals surface area contributed by atoms with Gasteiger partial charge in [0, 0.05) is 36.6 Å². The molecule has 0 aromatic heterocycles.